The van der Waals surface area contributed by atoms with Gasteiger partial charge in [0.15, 0.2) is 0 Å². The van der Waals surface area contributed by atoms with E-state index >= 15 is 0 Å². The third-order valence-corrected chi connectivity index (χ3v) is 4.92. The molecule has 1 heterocycles. The summed E-state index contributed by atoms with van der Waals surface area (Å²) in [7, 11) is 0. The maximum absolute atomic E-state index is 11.6. The highest BCUT2D eigenvalue weighted by atomic mass is 35.5. The van der Waals surface area contributed by atoms with Gasteiger partial charge in [0.1, 0.15) is 6.04 Å². The van der Waals surface area contributed by atoms with Crippen LogP contribution in [0, 0.1) is 5.92 Å². The average molecular weight is 320 g/mol. The molecular formula is C17H18ClNO3. The molecule has 1 aliphatic carbocycles. The topological polar surface area (TPSA) is 59.3 Å². The van der Waals surface area contributed by atoms with Crippen molar-refractivity contribution >= 4 is 33.7 Å². The normalized spacial score (nSPS) is 18.9. The van der Waals surface area contributed by atoms with Gasteiger partial charge in [-0.15, -0.1) is 0 Å². The van der Waals surface area contributed by atoms with Crippen molar-refractivity contribution in [1.82, 2.24) is 4.57 Å². The molecule has 3 rings (SSSR count). The Labute approximate surface area is 133 Å². The standard InChI is InChI=1S/C17H18ClNO3/c1-2-13(17(21)22)19-14-6-4-3-5-11(14)12-9-10(16(18)20)7-8-15(12)19/h3-6,10,13H,2,7-9H2,1H3,(H,21,22). The predicted molar refractivity (Wildman–Crippen MR) is 85.3 cm³/mol. The molecule has 2 unspecified atom stereocenters. The quantitative estimate of drug-likeness (QED) is 0.877. The first-order valence-electron chi connectivity index (χ1n) is 7.57. The van der Waals surface area contributed by atoms with Gasteiger partial charge in [0, 0.05) is 22.5 Å². The second-order valence-corrected chi connectivity index (χ2v) is 6.19. The largest absolute Gasteiger partial charge is 0.480 e. The monoisotopic (exact) mass is 319 g/mol. The Morgan fingerprint density at radius 1 is 1.41 bits per heavy atom. The van der Waals surface area contributed by atoms with Crippen LogP contribution in [-0.4, -0.2) is 20.9 Å². The van der Waals surface area contributed by atoms with Crippen LogP contribution in [0.3, 0.4) is 0 Å². The number of carbonyl (C=O) groups is 2. The summed E-state index contributed by atoms with van der Waals surface area (Å²) in [5.74, 6) is -0.986. The lowest BCUT2D eigenvalue weighted by atomic mass is 9.87. The van der Waals surface area contributed by atoms with Gasteiger partial charge in [0.25, 0.3) is 0 Å². The molecule has 0 spiro atoms. The van der Waals surface area contributed by atoms with E-state index in [1.165, 1.54) is 0 Å². The highest BCUT2D eigenvalue weighted by molar-refractivity contribution is 6.64. The Morgan fingerprint density at radius 2 is 2.14 bits per heavy atom. The first-order valence-corrected chi connectivity index (χ1v) is 7.95. The SMILES string of the molecule is CCC(C(=O)O)n1c2c(c3ccccc31)CC(C(=O)Cl)CC2. The minimum absolute atomic E-state index is 0.168. The van der Waals surface area contributed by atoms with Crippen LogP contribution in [0.1, 0.15) is 37.1 Å². The number of rotatable bonds is 4. The Kier molecular flexibility index (Phi) is 3.96. The van der Waals surface area contributed by atoms with Crippen LogP contribution in [0.5, 0.6) is 0 Å². The van der Waals surface area contributed by atoms with Gasteiger partial charge < -0.3 is 9.67 Å². The molecule has 0 bridgehead atoms. The summed E-state index contributed by atoms with van der Waals surface area (Å²) in [5, 5.41) is 10.3. The molecule has 2 atom stereocenters. The molecule has 22 heavy (non-hydrogen) atoms. The van der Waals surface area contributed by atoms with E-state index in [2.05, 4.69) is 0 Å². The molecule has 0 fully saturated rings. The molecular weight excluding hydrogens is 302 g/mol. The van der Waals surface area contributed by atoms with Crippen LogP contribution in [0.15, 0.2) is 24.3 Å². The van der Waals surface area contributed by atoms with Crippen LogP contribution in [0.2, 0.25) is 0 Å². The Bertz CT molecular complexity index is 750. The minimum Gasteiger partial charge on any atom is -0.480 e. The third-order valence-electron chi connectivity index (χ3n) is 4.61. The maximum Gasteiger partial charge on any atom is 0.326 e. The number of aromatic nitrogens is 1. The van der Waals surface area contributed by atoms with E-state index in [9.17, 15) is 14.7 Å². The molecule has 0 amide bonds. The van der Waals surface area contributed by atoms with E-state index in [-0.39, 0.29) is 11.2 Å². The molecule has 5 heteroatoms. The van der Waals surface area contributed by atoms with Crippen molar-refractivity contribution in [2.75, 3.05) is 0 Å². The summed E-state index contributed by atoms with van der Waals surface area (Å²) in [6, 6.07) is 7.25. The highest BCUT2D eigenvalue weighted by Crippen LogP contribution is 2.37. The van der Waals surface area contributed by atoms with Gasteiger partial charge in [-0.2, -0.15) is 0 Å². The molecule has 1 aromatic carbocycles. The number of carboxylic acids is 1. The fraction of sp³-hybridized carbons (Fsp3) is 0.412. The van der Waals surface area contributed by atoms with Crippen molar-refractivity contribution in [2.45, 2.75) is 38.6 Å². The first kappa shape index (κ1) is 15.1. The molecule has 1 N–H and O–H groups in total. The summed E-state index contributed by atoms with van der Waals surface area (Å²) in [4.78, 5) is 23.1. The second kappa shape index (κ2) is 5.76. The third kappa shape index (κ3) is 2.31. The van der Waals surface area contributed by atoms with Gasteiger partial charge in [-0.05, 0) is 48.9 Å². The summed E-state index contributed by atoms with van der Waals surface area (Å²) in [5.41, 5.74) is 3.06. The number of fused-ring (bicyclic) bond motifs is 3. The molecule has 0 radical (unpaired) electrons. The summed E-state index contributed by atoms with van der Waals surface area (Å²) in [6.45, 7) is 1.88. The fourth-order valence-corrected chi connectivity index (χ4v) is 3.75. The second-order valence-electron chi connectivity index (χ2n) is 5.82. The number of benzene rings is 1. The van der Waals surface area contributed by atoms with E-state index in [1.54, 1.807) is 0 Å². The Morgan fingerprint density at radius 3 is 2.77 bits per heavy atom. The summed E-state index contributed by atoms with van der Waals surface area (Å²) in [6.07, 6.45) is 2.50. The lowest BCUT2D eigenvalue weighted by Crippen LogP contribution is -2.24. The number of carbonyl (C=O) groups excluding carboxylic acids is 1. The number of hydrogen-bond acceptors (Lipinski definition) is 2. The van der Waals surface area contributed by atoms with E-state index in [0.29, 0.717) is 25.7 Å². The molecule has 1 aliphatic rings. The molecule has 4 nitrogen and oxygen atoms in total. The van der Waals surface area contributed by atoms with E-state index in [1.807, 2.05) is 35.8 Å². The first-order chi connectivity index (χ1) is 10.5. The Balaban J connectivity index is 2.22. The number of aliphatic carboxylic acids is 1. The number of carboxylic acid groups (broad SMARTS) is 1. The van der Waals surface area contributed by atoms with Crippen LogP contribution in [-0.2, 0) is 22.4 Å². The Hall–Kier alpha value is -1.81. The van der Waals surface area contributed by atoms with Gasteiger partial charge in [-0.3, -0.25) is 4.79 Å². The highest BCUT2D eigenvalue weighted by Gasteiger charge is 2.31. The van der Waals surface area contributed by atoms with Crippen molar-refractivity contribution in [3.63, 3.8) is 0 Å². The molecule has 2 aromatic rings. The van der Waals surface area contributed by atoms with E-state index in [0.717, 1.165) is 22.2 Å². The lowest BCUT2D eigenvalue weighted by molar-refractivity contribution is -0.141. The van der Waals surface area contributed by atoms with Gasteiger partial charge in [0.2, 0.25) is 5.24 Å². The number of halogens is 1. The van der Waals surface area contributed by atoms with Crippen LogP contribution < -0.4 is 0 Å². The molecule has 116 valence electrons. The average Bonchev–Trinajstić information content (AvgIpc) is 2.82. The van der Waals surface area contributed by atoms with Crippen molar-refractivity contribution in [2.24, 2.45) is 5.92 Å². The smallest absolute Gasteiger partial charge is 0.326 e. The van der Waals surface area contributed by atoms with Crippen LogP contribution in [0.25, 0.3) is 10.9 Å². The minimum atomic E-state index is -0.818. The zero-order valence-corrected chi connectivity index (χ0v) is 13.1. The van der Waals surface area contributed by atoms with Gasteiger partial charge in [-0.1, -0.05) is 25.1 Å². The summed E-state index contributed by atoms with van der Waals surface area (Å²) >= 11 is 5.68. The predicted octanol–water partition coefficient (Wildman–Crippen LogP) is 3.55. The number of nitrogens with zero attached hydrogens (tertiary/aromatic N) is 1. The van der Waals surface area contributed by atoms with Crippen molar-refractivity contribution in [1.29, 1.82) is 0 Å². The zero-order chi connectivity index (χ0) is 15.9. The van der Waals surface area contributed by atoms with Crippen LogP contribution in [0.4, 0.5) is 0 Å². The maximum atomic E-state index is 11.6. The van der Waals surface area contributed by atoms with Crippen molar-refractivity contribution in [3.05, 3.63) is 35.5 Å². The molecule has 0 saturated carbocycles. The van der Waals surface area contributed by atoms with Crippen molar-refractivity contribution < 1.29 is 14.7 Å². The summed E-state index contributed by atoms with van der Waals surface area (Å²) < 4.78 is 1.95. The molecule has 0 aliphatic heterocycles. The van der Waals surface area contributed by atoms with Gasteiger partial charge >= 0.3 is 5.97 Å². The van der Waals surface area contributed by atoms with Crippen LogP contribution >= 0.6 is 11.6 Å². The van der Waals surface area contributed by atoms with E-state index < -0.39 is 12.0 Å². The number of para-hydroxylation sites is 1. The molecule has 0 saturated heterocycles. The molecule has 1 aromatic heterocycles. The fourth-order valence-electron chi connectivity index (χ4n) is 3.56. The van der Waals surface area contributed by atoms with E-state index in [4.69, 9.17) is 11.6 Å². The zero-order valence-electron chi connectivity index (χ0n) is 12.4. The van der Waals surface area contributed by atoms with Gasteiger partial charge in [-0.25, -0.2) is 4.79 Å². The number of hydrogen-bond donors (Lipinski definition) is 1. The van der Waals surface area contributed by atoms with Gasteiger partial charge in [0.05, 0.1) is 0 Å². The lowest BCUT2D eigenvalue weighted by Gasteiger charge is -2.23. The van der Waals surface area contributed by atoms with Crippen molar-refractivity contribution in [3.8, 4) is 0 Å².